The zero-order valence-corrected chi connectivity index (χ0v) is 16.0. The van der Waals surface area contributed by atoms with Crippen LogP contribution in [-0.4, -0.2) is 53.0 Å². The van der Waals surface area contributed by atoms with Crippen molar-refractivity contribution in [2.24, 2.45) is 0 Å². The number of carbonyl (C=O) groups is 1. The van der Waals surface area contributed by atoms with E-state index in [1.165, 1.54) is 11.3 Å². The number of aromatic nitrogens is 2. The third kappa shape index (κ3) is 5.27. The molecule has 1 saturated heterocycles. The molecule has 9 heteroatoms. The molecule has 1 aliphatic rings. The number of nitrogens with zero attached hydrogens (tertiary/aromatic N) is 3. The molecular weight excluding hydrogens is 360 g/mol. The molecule has 0 atom stereocenters. The summed E-state index contributed by atoms with van der Waals surface area (Å²) in [5.41, 5.74) is 2.95. The van der Waals surface area contributed by atoms with E-state index in [9.17, 15) is 4.79 Å². The second kappa shape index (κ2) is 8.79. The first-order valence-electron chi connectivity index (χ1n) is 8.15. The van der Waals surface area contributed by atoms with Gasteiger partial charge in [0.25, 0.3) is 0 Å². The number of ether oxygens (including phenoxy) is 1. The van der Waals surface area contributed by atoms with E-state index in [-0.39, 0.29) is 5.91 Å². The van der Waals surface area contributed by atoms with Crippen LogP contribution in [0.3, 0.4) is 0 Å². The molecule has 2 aromatic rings. The van der Waals surface area contributed by atoms with Gasteiger partial charge in [0.05, 0.1) is 30.4 Å². The summed E-state index contributed by atoms with van der Waals surface area (Å²) in [5, 5.41) is 9.46. The minimum atomic E-state index is -0.0379. The van der Waals surface area contributed by atoms with Gasteiger partial charge in [0, 0.05) is 36.3 Å². The molecule has 1 aliphatic heterocycles. The fourth-order valence-electron chi connectivity index (χ4n) is 2.53. The Hall–Kier alpha value is -1.42. The van der Waals surface area contributed by atoms with E-state index in [1.807, 2.05) is 19.2 Å². The Morgan fingerprint density at radius 1 is 1.40 bits per heavy atom. The topological polar surface area (TPSA) is 80.5 Å². The molecular formula is C16H22N4O3S2. The number of nitrogens with one attached hydrogen (secondary N) is 1. The normalized spacial score (nSPS) is 15.4. The minimum Gasteiger partial charge on any atom is -0.379 e. The summed E-state index contributed by atoms with van der Waals surface area (Å²) in [5.74, 6) is 1.87. The predicted molar refractivity (Wildman–Crippen MR) is 99.0 cm³/mol. The van der Waals surface area contributed by atoms with Crippen molar-refractivity contribution in [3.8, 4) is 0 Å². The SMILES string of the molecule is Cc1noc(C)c1CSCC(=O)Nc1nc(CN2CCOCC2)cs1. The van der Waals surface area contributed by atoms with Gasteiger partial charge in [0.1, 0.15) is 5.76 Å². The highest BCUT2D eigenvalue weighted by atomic mass is 32.2. The molecule has 0 aromatic carbocycles. The van der Waals surface area contributed by atoms with Crippen molar-refractivity contribution in [3.63, 3.8) is 0 Å². The lowest BCUT2D eigenvalue weighted by Crippen LogP contribution is -2.35. The van der Waals surface area contributed by atoms with Crippen molar-refractivity contribution in [1.82, 2.24) is 15.0 Å². The molecule has 0 aliphatic carbocycles. The number of morpholine rings is 1. The van der Waals surface area contributed by atoms with E-state index in [0.29, 0.717) is 10.9 Å². The molecule has 3 rings (SSSR count). The van der Waals surface area contributed by atoms with Gasteiger partial charge in [-0.2, -0.15) is 0 Å². The molecule has 7 nitrogen and oxygen atoms in total. The lowest BCUT2D eigenvalue weighted by Gasteiger charge is -2.25. The average Bonchev–Trinajstić information content (AvgIpc) is 3.16. The molecule has 0 spiro atoms. The quantitative estimate of drug-likeness (QED) is 0.788. The molecule has 136 valence electrons. The third-order valence-electron chi connectivity index (χ3n) is 3.95. The summed E-state index contributed by atoms with van der Waals surface area (Å²) in [6.45, 7) is 8.01. The van der Waals surface area contributed by atoms with Crippen molar-refractivity contribution in [1.29, 1.82) is 0 Å². The van der Waals surface area contributed by atoms with Gasteiger partial charge in [-0.1, -0.05) is 5.16 Å². The molecule has 0 radical (unpaired) electrons. The Kier molecular flexibility index (Phi) is 6.46. The summed E-state index contributed by atoms with van der Waals surface area (Å²) in [4.78, 5) is 18.9. The van der Waals surface area contributed by atoms with Gasteiger partial charge in [-0.25, -0.2) is 4.98 Å². The van der Waals surface area contributed by atoms with Crippen LogP contribution in [0.2, 0.25) is 0 Å². The Bertz CT molecular complexity index is 691. The largest absolute Gasteiger partial charge is 0.379 e. The van der Waals surface area contributed by atoms with E-state index in [2.05, 4.69) is 20.4 Å². The van der Waals surface area contributed by atoms with E-state index in [0.717, 1.165) is 61.3 Å². The summed E-state index contributed by atoms with van der Waals surface area (Å²) >= 11 is 3.01. The number of anilines is 1. The van der Waals surface area contributed by atoms with Crippen molar-refractivity contribution in [2.75, 3.05) is 37.4 Å². The monoisotopic (exact) mass is 382 g/mol. The zero-order valence-electron chi connectivity index (χ0n) is 14.4. The fraction of sp³-hybridized carbons (Fsp3) is 0.562. The first-order chi connectivity index (χ1) is 12.1. The van der Waals surface area contributed by atoms with Crippen molar-refractivity contribution < 1.29 is 14.1 Å². The fourth-order valence-corrected chi connectivity index (χ4v) is 4.23. The molecule has 1 amide bonds. The van der Waals surface area contributed by atoms with Gasteiger partial charge >= 0.3 is 0 Å². The molecule has 0 unspecified atom stereocenters. The van der Waals surface area contributed by atoms with Crippen LogP contribution in [0.5, 0.6) is 0 Å². The second-order valence-electron chi connectivity index (χ2n) is 5.88. The van der Waals surface area contributed by atoms with Crippen LogP contribution in [0.4, 0.5) is 5.13 Å². The lowest BCUT2D eigenvalue weighted by atomic mass is 10.2. The number of carbonyl (C=O) groups excluding carboxylic acids is 1. The van der Waals surface area contributed by atoms with Crippen molar-refractivity contribution >= 4 is 34.1 Å². The van der Waals surface area contributed by atoms with Crippen molar-refractivity contribution in [2.45, 2.75) is 26.1 Å². The Balaban J connectivity index is 1.42. The molecule has 1 fully saturated rings. The van der Waals surface area contributed by atoms with Crippen LogP contribution in [0.1, 0.15) is 22.7 Å². The van der Waals surface area contributed by atoms with Gasteiger partial charge in [-0.05, 0) is 13.8 Å². The van der Waals surface area contributed by atoms with E-state index in [1.54, 1.807) is 11.8 Å². The maximum atomic E-state index is 12.1. The third-order valence-corrected chi connectivity index (χ3v) is 5.71. The van der Waals surface area contributed by atoms with Crippen molar-refractivity contribution in [3.05, 3.63) is 28.1 Å². The highest BCUT2D eigenvalue weighted by Gasteiger charge is 2.14. The Morgan fingerprint density at radius 3 is 2.92 bits per heavy atom. The van der Waals surface area contributed by atoms with E-state index < -0.39 is 0 Å². The molecule has 1 N–H and O–H groups in total. The second-order valence-corrected chi connectivity index (χ2v) is 7.72. The summed E-state index contributed by atoms with van der Waals surface area (Å²) in [7, 11) is 0. The molecule has 3 heterocycles. The average molecular weight is 383 g/mol. The van der Waals surface area contributed by atoms with Gasteiger partial charge < -0.3 is 14.6 Å². The number of aryl methyl sites for hydroxylation is 2. The molecule has 0 saturated carbocycles. The highest BCUT2D eigenvalue weighted by molar-refractivity contribution is 7.99. The first kappa shape index (κ1) is 18.4. The summed E-state index contributed by atoms with van der Waals surface area (Å²) in [6, 6.07) is 0. The van der Waals surface area contributed by atoms with Gasteiger partial charge in [0.15, 0.2) is 5.13 Å². The number of thiazole rings is 1. The predicted octanol–water partition coefficient (Wildman–Crippen LogP) is 2.45. The number of hydrogen-bond donors (Lipinski definition) is 1. The van der Waals surface area contributed by atoms with Crippen LogP contribution in [0.15, 0.2) is 9.90 Å². The maximum Gasteiger partial charge on any atom is 0.236 e. The number of rotatable bonds is 7. The van der Waals surface area contributed by atoms with Crippen LogP contribution in [-0.2, 0) is 21.8 Å². The first-order valence-corrected chi connectivity index (χ1v) is 10.2. The summed E-state index contributed by atoms with van der Waals surface area (Å²) < 4.78 is 10.5. The summed E-state index contributed by atoms with van der Waals surface area (Å²) in [6.07, 6.45) is 0. The Labute approximate surface area is 155 Å². The smallest absolute Gasteiger partial charge is 0.236 e. The van der Waals surface area contributed by atoms with E-state index in [4.69, 9.17) is 9.26 Å². The standard InChI is InChI=1S/C16H22N4O3S2/c1-11-14(12(2)23-19-11)9-24-10-15(21)18-16-17-13(8-25-16)7-20-3-5-22-6-4-20/h8H,3-7,9-10H2,1-2H3,(H,17,18,21). The van der Waals surface area contributed by atoms with Crippen LogP contribution in [0, 0.1) is 13.8 Å². The highest BCUT2D eigenvalue weighted by Crippen LogP contribution is 2.21. The van der Waals surface area contributed by atoms with Gasteiger partial charge in [0.2, 0.25) is 5.91 Å². The number of hydrogen-bond acceptors (Lipinski definition) is 8. The lowest BCUT2D eigenvalue weighted by molar-refractivity contribution is -0.113. The number of amides is 1. The van der Waals surface area contributed by atoms with Crippen LogP contribution < -0.4 is 5.32 Å². The molecule has 2 aromatic heterocycles. The zero-order chi connectivity index (χ0) is 17.6. The minimum absolute atomic E-state index is 0.0379. The van der Waals surface area contributed by atoms with Gasteiger partial charge in [-0.3, -0.25) is 9.69 Å². The molecule has 0 bridgehead atoms. The maximum absolute atomic E-state index is 12.1. The van der Waals surface area contributed by atoms with Crippen LogP contribution in [0.25, 0.3) is 0 Å². The molecule has 25 heavy (non-hydrogen) atoms. The van der Waals surface area contributed by atoms with Gasteiger partial charge in [-0.15, -0.1) is 23.1 Å². The van der Waals surface area contributed by atoms with Crippen LogP contribution >= 0.6 is 23.1 Å². The Morgan fingerprint density at radius 2 is 2.20 bits per heavy atom. The number of thioether (sulfide) groups is 1. The van der Waals surface area contributed by atoms with E-state index >= 15 is 0 Å².